The number of anilines is 1. The van der Waals surface area contributed by atoms with E-state index in [1.165, 1.54) is 12.8 Å². The number of thiophene rings is 1. The highest BCUT2D eigenvalue weighted by Crippen LogP contribution is 2.36. The third-order valence-electron chi connectivity index (χ3n) is 5.54. The third kappa shape index (κ3) is 3.58. The number of piperidine rings is 1. The van der Waals surface area contributed by atoms with Crippen LogP contribution in [0.3, 0.4) is 0 Å². The zero-order valence-electron chi connectivity index (χ0n) is 14.5. The van der Waals surface area contributed by atoms with Gasteiger partial charge in [-0.3, -0.25) is 4.90 Å². The molecule has 2 aromatic rings. The largest absolute Gasteiger partial charge is 0.446 e. The number of ether oxygens (including phenoxy) is 1. The monoisotopic (exact) mass is 356 g/mol. The van der Waals surface area contributed by atoms with Crippen molar-refractivity contribution in [2.24, 2.45) is 0 Å². The van der Waals surface area contributed by atoms with Crippen LogP contribution in [0.2, 0.25) is 0 Å². The summed E-state index contributed by atoms with van der Waals surface area (Å²) in [6.07, 6.45) is 4.19. The Morgan fingerprint density at radius 2 is 1.92 bits per heavy atom. The maximum absolute atomic E-state index is 12.9. The third-order valence-corrected chi connectivity index (χ3v) is 6.21. The Morgan fingerprint density at radius 1 is 1.20 bits per heavy atom. The second-order valence-corrected chi connectivity index (χ2v) is 7.86. The predicted octanol–water partition coefficient (Wildman–Crippen LogP) is 4.52. The first-order chi connectivity index (χ1) is 12.2. The fraction of sp³-hybridized carbons (Fsp3) is 0.450. The lowest BCUT2D eigenvalue weighted by atomic mass is 10.0. The Kier molecular flexibility index (Phi) is 4.77. The molecule has 0 saturated carbocycles. The highest BCUT2D eigenvalue weighted by atomic mass is 32.1. The van der Waals surface area contributed by atoms with Crippen molar-refractivity contribution in [1.82, 2.24) is 4.90 Å². The Labute approximate surface area is 153 Å². The van der Waals surface area contributed by atoms with Crippen LogP contribution in [0.1, 0.15) is 31.2 Å². The number of hydrogen-bond acceptors (Lipinski definition) is 4. The van der Waals surface area contributed by atoms with E-state index in [1.807, 2.05) is 47.2 Å². The van der Waals surface area contributed by atoms with Crippen molar-refractivity contribution in [1.29, 1.82) is 0 Å². The van der Waals surface area contributed by atoms with Crippen LogP contribution >= 0.6 is 11.3 Å². The van der Waals surface area contributed by atoms with Crippen molar-refractivity contribution >= 4 is 23.1 Å². The lowest BCUT2D eigenvalue weighted by molar-refractivity contribution is 0.0314. The second kappa shape index (κ2) is 7.18. The van der Waals surface area contributed by atoms with Crippen LogP contribution in [0.5, 0.6) is 0 Å². The van der Waals surface area contributed by atoms with Gasteiger partial charge in [0.15, 0.2) is 0 Å². The molecule has 0 radical (unpaired) electrons. The molecule has 1 aromatic carbocycles. The number of rotatable bonds is 4. The summed E-state index contributed by atoms with van der Waals surface area (Å²) in [6, 6.07) is 13.2. The number of fused-ring (bicyclic) bond motifs is 2. The normalized spacial score (nSPS) is 25.7. The molecule has 2 bridgehead atoms. The van der Waals surface area contributed by atoms with E-state index in [1.54, 1.807) is 16.2 Å². The molecule has 4 nitrogen and oxygen atoms in total. The standard InChI is InChI=1S/C20H24N2O2S/c1-21-16-7-8-17(21)12-19(11-16)24-20(23)22(18-9-10-25-14-18)13-15-5-3-2-4-6-15/h2-6,9-10,14,16-17,19H,7-8,11-13H2,1H3/t16-,17+,19?. The minimum Gasteiger partial charge on any atom is -0.446 e. The van der Waals surface area contributed by atoms with E-state index in [4.69, 9.17) is 4.74 Å². The average Bonchev–Trinajstić information content (AvgIpc) is 3.20. The van der Waals surface area contributed by atoms with Gasteiger partial charge in [-0.15, -0.1) is 0 Å². The molecule has 0 N–H and O–H groups in total. The van der Waals surface area contributed by atoms with Gasteiger partial charge in [-0.1, -0.05) is 30.3 Å². The van der Waals surface area contributed by atoms with Gasteiger partial charge in [0.05, 0.1) is 12.2 Å². The molecule has 1 aromatic heterocycles. The topological polar surface area (TPSA) is 32.8 Å². The smallest absolute Gasteiger partial charge is 0.414 e. The highest BCUT2D eigenvalue weighted by Gasteiger charge is 2.40. The summed E-state index contributed by atoms with van der Waals surface area (Å²) in [4.78, 5) is 17.1. The molecule has 2 aliphatic rings. The lowest BCUT2D eigenvalue weighted by Crippen LogP contribution is -2.45. The van der Waals surface area contributed by atoms with E-state index >= 15 is 0 Å². The van der Waals surface area contributed by atoms with Crippen LogP contribution in [-0.2, 0) is 11.3 Å². The summed E-state index contributed by atoms with van der Waals surface area (Å²) >= 11 is 1.60. The molecule has 0 spiro atoms. The van der Waals surface area contributed by atoms with Gasteiger partial charge < -0.3 is 9.64 Å². The van der Waals surface area contributed by atoms with Crippen molar-refractivity contribution in [3.63, 3.8) is 0 Å². The van der Waals surface area contributed by atoms with Crippen LogP contribution in [0.15, 0.2) is 47.2 Å². The summed E-state index contributed by atoms with van der Waals surface area (Å²) in [7, 11) is 2.20. The Balaban J connectivity index is 1.47. The molecule has 5 heteroatoms. The summed E-state index contributed by atoms with van der Waals surface area (Å²) in [5.41, 5.74) is 2.02. The van der Waals surface area contributed by atoms with Crippen LogP contribution in [0, 0.1) is 0 Å². The molecule has 132 valence electrons. The zero-order valence-corrected chi connectivity index (χ0v) is 15.3. The van der Waals surface area contributed by atoms with Crippen molar-refractivity contribution in [3.8, 4) is 0 Å². The maximum Gasteiger partial charge on any atom is 0.414 e. The van der Waals surface area contributed by atoms with E-state index in [2.05, 4.69) is 11.9 Å². The SMILES string of the molecule is CN1[C@@H]2CC[C@H]1CC(OC(=O)N(Cc1ccccc1)c1ccsc1)C2. The van der Waals surface area contributed by atoms with Gasteiger partial charge >= 0.3 is 6.09 Å². The Morgan fingerprint density at radius 3 is 2.56 bits per heavy atom. The first kappa shape index (κ1) is 16.6. The first-order valence-electron chi connectivity index (χ1n) is 8.97. The number of carbonyl (C=O) groups is 1. The number of hydrogen-bond donors (Lipinski definition) is 0. The minimum absolute atomic E-state index is 0.0399. The van der Waals surface area contributed by atoms with E-state index in [0.717, 1.165) is 24.1 Å². The van der Waals surface area contributed by atoms with Gasteiger partial charge in [-0.2, -0.15) is 11.3 Å². The van der Waals surface area contributed by atoms with Gasteiger partial charge in [0.1, 0.15) is 6.10 Å². The average molecular weight is 356 g/mol. The number of amides is 1. The predicted molar refractivity (Wildman–Crippen MR) is 101 cm³/mol. The summed E-state index contributed by atoms with van der Waals surface area (Å²) < 4.78 is 5.94. The fourth-order valence-electron chi connectivity index (χ4n) is 4.10. The Hall–Kier alpha value is -1.85. The van der Waals surface area contributed by atoms with Gasteiger partial charge in [-0.05, 0) is 36.9 Å². The van der Waals surface area contributed by atoms with Crippen molar-refractivity contribution in [2.75, 3.05) is 11.9 Å². The molecule has 3 heterocycles. The summed E-state index contributed by atoms with van der Waals surface area (Å²) in [5.74, 6) is 0. The first-order valence-corrected chi connectivity index (χ1v) is 9.91. The molecular formula is C20H24N2O2S. The van der Waals surface area contributed by atoms with E-state index in [-0.39, 0.29) is 12.2 Å². The molecule has 0 aliphatic carbocycles. The molecular weight excluding hydrogens is 332 g/mol. The van der Waals surface area contributed by atoms with Crippen LogP contribution in [0.25, 0.3) is 0 Å². The highest BCUT2D eigenvalue weighted by molar-refractivity contribution is 7.08. The molecule has 25 heavy (non-hydrogen) atoms. The van der Waals surface area contributed by atoms with Gasteiger partial charge in [0, 0.05) is 30.3 Å². The summed E-state index contributed by atoms with van der Waals surface area (Å²) in [5, 5.41) is 4.00. The van der Waals surface area contributed by atoms with Crippen LogP contribution < -0.4 is 4.90 Å². The van der Waals surface area contributed by atoms with Crippen LogP contribution in [-0.4, -0.2) is 36.2 Å². The zero-order chi connectivity index (χ0) is 17.2. The lowest BCUT2D eigenvalue weighted by Gasteiger charge is -2.36. The van der Waals surface area contributed by atoms with E-state index < -0.39 is 0 Å². The number of nitrogens with zero attached hydrogens (tertiary/aromatic N) is 2. The number of carbonyl (C=O) groups excluding carboxylic acids is 1. The molecule has 2 fully saturated rings. The van der Waals surface area contributed by atoms with Gasteiger partial charge in [-0.25, -0.2) is 4.79 Å². The van der Waals surface area contributed by atoms with Crippen molar-refractivity contribution in [2.45, 2.75) is 50.4 Å². The van der Waals surface area contributed by atoms with Crippen molar-refractivity contribution in [3.05, 3.63) is 52.7 Å². The molecule has 2 saturated heterocycles. The fourth-order valence-corrected chi connectivity index (χ4v) is 4.74. The quantitative estimate of drug-likeness (QED) is 0.808. The van der Waals surface area contributed by atoms with Gasteiger partial charge in [0.25, 0.3) is 0 Å². The van der Waals surface area contributed by atoms with Gasteiger partial charge in [0.2, 0.25) is 0 Å². The van der Waals surface area contributed by atoms with Crippen LogP contribution in [0.4, 0.5) is 10.5 Å². The van der Waals surface area contributed by atoms with E-state index in [9.17, 15) is 4.79 Å². The molecule has 4 rings (SSSR count). The molecule has 1 amide bonds. The van der Waals surface area contributed by atoms with Crippen molar-refractivity contribution < 1.29 is 9.53 Å². The summed E-state index contributed by atoms with van der Waals surface area (Å²) in [6.45, 7) is 0.538. The maximum atomic E-state index is 12.9. The molecule has 3 atom stereocenters. The number of benzene rings is 1. The van der Waals surface area contributed by atoms with E-state index in [0.29, 0.717) is 18.6 Å². The molecule has 2 aliphatic heterocycles. The Bertz CT molecular complexity index is 690. The second-order valence-electron chi connectivity index (χ2n) is 7.08. The minimum atomic E-state index is -0.226. The molecule has 1 unspecified atom stereocenters.